The number of carbonyl (C=O) groups is 1. The van der Waals surface area contributed by atoms with Crippen LogP contribution in [-0.2, 0) is 0 Å². The minimum absolute atomic E-state index is 0.0969. The van der Waals surface area contributed by atoms with E-state index in [1.54, 1.807) is 6.20 Å². The summed E-state index contributed by atoms with van der Waals surface area (Å²) in [4.78, 5) is 21.6. The predicted molar refractivity (Wildman–Crippen MR) is 101 cm³/mol. The minimum Gasteiger partial charge on any atom is -0.339 e. The van der Waals surface area contributed by atoms with E-state index in [0.29, 0.717) is 5.56 Å². The molecular weight excluding hydrogens is 310 g/mol. The van der Waals surface area contributed by atoms with Crippen LogP contribution in [0.4, 0.5) is 11.5 Å². The monoisotopic (exact) mass is 333 g/mol. The number of pyridine rings is 1. The quantitative estimate of drug-likeness (QED) is 0.824. The van der Waals surface area contributed by atoms with Crippen LogP contribution in [0.3, 0.4) is 0 Å². The molecule has 0 radical (unpaired) electrons. The van der Waals surface area contributed by atoms with E-state index in [-0.39, 0.29) is 5.91 Å². The molecule has 1 fully saturated rings. The van der Waals surface area contributed by atoms with Gasteiger partial charge in [-0.25, -0.2) is 4.98 Å². The third-order valence-electron chi connectivity index (χ3n) is 5.10. The zero-order valence-corrected chi connectivity index (χ0v) is 14.4. The number of aromatic nitrogens is 1. The first-order valence-corrected chi connectivity index (χ1v) is 9.04. The van der Waals surface area contributed by atoms with Crippen LogP contribution >= 0.6 is 0 Å². The number of nitrogens with zero attached hydrogens (tertiary/aromatic N) is 3. The van der Waals surface area contributed by atoms with Gasteiger partial charge in [-0.3, -0.25) is 4.79 Å². The molecule has 1 amide bonds. The van der Waals surface area contributed by atoms with E-state index in [1.807, 2.05) is 29.2 Å². The summed E-state index contributed by atoms with van der Waals surface area (Å²) in [5, 5.41) is 0. The van der Waals surface area contributed by atoms with Crippen molar-refractivity contribution in [1.29, 1.82) is 0 Å². The Morgan fingerprint density at radius 1 is 1.04 bits per heavy atom. The summed E-state index contributed by atoms with van der Waals surface area (Å²) in [6.45, 7) is 6.78. The molecule has 0 saturated carbocycles. The van der Waals surface area contributed by atoms with Crippen molar-refractivity contribution < 1.29 is 4.79 Å². The molecule has 1 saturated heterocycles. The highest BCUT2D eigenvalue weighted by molar-refractivity contribution is 5.96. The summed E-state index contributed by atoms with van der Waals surface area (Å²) in [6, 6.07) is 12.2. The molecule has 25 heavy (non-hydrogen) atoms. The molecule has 0 aliphatic carbocycles. The lowest BCUT2D eigenvalue weighted by atomic mass is 9.98. The molecule has 1 aromatic carbocycles. The molecule has 1 aromatic heterocycles. The van der Waals surface area contributed by atoms with E-state index in [2.05, 4.69) is 28.6 Å². The van der Waals surface area contributed by atoms with Gasteiger partial charge in [-0.2, -0.15) is 0 Å². The number of rotatable bonds is 2. The molecule has 0 unspecified atom stereocenters. The smallest absolute Gasteiger partial charge is 0.255 e. The Morgan fingerprint density at radius 3 is 2.56 bits per heavy atom. The van der Waals surface area contributed by atoms with E-state index >= 15 is 0 Å². The van der Waals surface area contributed by atoms with Crippen LogP contribution in [0.5, 0.6) is 0 Å². The van der Waals surface area contributed by atoms with Crippen molar-refractivity contribution in [2.45, 2.75) is 25.7 Å². The first-order chi connectivity index (χ1) is 12.2. The third kappa shape index (κ3) is 3.04. The zero-order valence-electron chi connectivity index (χ0n) is 14.4. The topological polar surface area (TPSA) is 36.4 Å². The maximum atomic E-state index is 12.8. The summed E-state index contributed by atoms with van der Waals surface area (Å²) in [5.74, 6) is 0.997. The molecule has 4 rings (SSSR count). The number of piperidine rings is 1. The van der Waals surface area contributed by atoms with Crippen molar-refractivity contribution in [2.24, 2.45) is 0 Å². The summed E-state index contributed by atoms with van der Waals surface area (Å²) >= 11 is 0. The number of amides is 1. The fraction of sp³-hybridized carbons (Fsp3) is 0.333. The molecule has 0 spiro atoms. The molecule has 0 atom stereocenters. The third-order valence-corrected chi connectivity index (χ3v) is 5.10. The Hall–Kier alpha value is -2.62. The highest BCUT2D eigenvalue weighted by atomic mass is 16.2. The van der Waals surface area contributed by atoms with Gasteiger partial charge in [-0.15, -0.1) is 0 Å². The number of para-hydroxylation sites is 1. The zero-order chi connectivity index (χ0) is 17.2. The lowest BCUT2D eigenvalue weighted by molar-refractivity contribution is 0.0724. The highest BCUT2D eigenvalue weighted by Gasteiger charge is 2.25. The summed E-state index contributed by atoms with van der Waals surface area (Å²) < 4.78 is 0. The summed E-state index contributed by atoms with van der Waals surface area (Å²) in [6.07, 6.45) is 6.02. The highest BCUT2D eigenvalue weighted by Crippen LogP contribution is 2.37. The molecule has 4 nitrogen and oxygen atoms in total. The van der Waals surface area contributed by atoms with Gasteiger partial charge in [0.1, 0.15) is 5.82 Å². The molecule has 0 N–H and O–H groups in total. The average molecular weight is 333 g/mol. The van der Waals surface area contributed by atoms with Gasteiger partial charge in [0.15, 0.2) is 0 Å². The van der Waals surface area contributed by atoms with Gasteiger partial charge in [0.2, 0.25) is 0 Å². The van der Waals surface area contributed by atoms with E-state index < -0.39 is 0 Å². The Morgan fingerprint density at radius 2 is 1.80 bits per heavy atom. The lowest BCUT2D eigenvalue weighted by Crippen LogP contribution is -2.36. The van der Waals surface area contributed by atoms with E-state index in [0.717, 1.165) is 61.5 Å². The number of fused-ring (bicyclic) bond motifs is 1. The Labute approximate surface area is 148 Å². The lowest BCUT2D eigenvalue weighted by Gasteiger charge is -2.32. The van der Waals surface area contributed by atoms with Crippen LogP contribution in [0.15, 0.2) is 49.2 Å². The normalized spacial score (nSPS) is 17.4. The number of anilines is 2. The first-order valence-electron chi connectivity index (χ1n) is 9.04. The molecule has 3 heterocycles. The molecule has 2 aliphatic heterocycles. The van der Waals surface area contributed by atoms with Gasteiger partial charge in [-0.05, 0) is 49.5 Å². The van der Waals surface area contributed by atoms with Crippen molar-refractivity contribution in [1.82, 2.24) is 9.88 Å². The minimum atomic E-state index is 0.0969. The van der Waals surface area contributed by atoms with Crippen LogP contribution in [-0.4, -0.2) is 35.4 Å². The molecule has 2 aliphatic rings. The SMILES string of the molecule is C=C1CCN(c2ccccc2)c2ncc(C(=O)N3CCCCC3)cc21. The van der Waals surface area contributed by atoms with Gasteiger partial charge < -0.3 is 9.80 Å². The van der Waals surface area contributed by atoms with Crippen molar-refractivity contribution in [2.75, 3.05) is 24.5 Å². The Bertz CT molecular complexity index is 794. The first kappa shape index (κ1) is 15.9. The van der Waals surface area contributed by atoms with Crippen LogP contribution in [0, 0.1) is 0 Å². The van der Waals surface area contributed by atoms with Gasteiger partial charge in [0.05, 0.1) is 5.56 Å². The van der Waals surface area contributed by atoms with Crippen LogP contribution in [0.25, 0.3) is 5.57 Å². The van der Waals surface area contributed by atoms with Gasteiger partial charge in [0.25, 0.3) is 5.91 Å². The standard InChI is InChI=1S/C21H23N3O/c1-16-10-13-24(18-8-4-2-5-9-18)20-19(16)14-17(15-22-20)21(25)23-11-6-3-7-12-23/h2,4-5,8-9,14-15H,1,3,6-7,10-13H2. The van der Waals surface area contributed by atoms with Gasteiger partial charge in [0, 0.05) is 37.1 Å². The second-order valence-electron chi connectivity index (χ2n) is 6.79. The molecule has 128 valence electrons. The number of benzene rings is 1. The second-order valence-corrected chi connectivity index (χ2v) is 6.79. The predicted octanol–water partition coefficient (Wildman–Crippen LogP) is 4.26. The number of likely N-dealkylation sites (tertiary alicyclic amines) is 1. The van der Waals surface area contributed by atoms with Gasteiger partial charge in [-0.1, -0.05) is 24.8 Å². The van der Waals surface area contributed by atoms with E-state index in [1.165, 1.54) is 6.42 Å². The van der Waals surface area contributed by atoms with Crippen molar-refractivity contribution in [3.05, 3.63) is 60.3 Å². The fourth-order valence-electron chi connectivity index (χ4n) is 3.68. The average Bonchev–Trinajstić information content (AvgIpc) is 2.69. The largest absolute Gasteiger partial charge is 0.339 e. The maximum absolute atomic E-state index is 12.8. The van der Waals surface area contributed by atoms with Crippen molar-refractivity contribution in [3.63, 3.8) is 0 Å². The maximum Gasteiger partial charge on any atom is 0.255 e. The Balaban J connectivity index is 1.67. The number of hydrogen-bond acceptors (Lipinski definition) is 3. The summed E-state index contributed by atoms with van der Waals surface area (Å²) in [7, 11) is 0. The van der Waals surface area contributed by atoms with Crippen molar-refractivity contribution >= 4 is 23.0 Å². The van der Waals surface area contributed by atoms with E-state index in [9.17, 15) is 4.79 Å². The van der Waals surface area contributed by atoms with Crippen molar-refractivity contribution in [3.8, 4) is 0 Å². The van der Waals surface area contributed by atoms with E-state index in [4.69, 9.17) is 0 Å². The van der Waals surface area contributed by atoms with Gasteiger partial charge >= 0.3 is 0 Å². The number of carbonyl (C=O) groups excluding carboxylic acids is 1. The van der Waals surface area contributed by atoms with Crippen LogP contribution in [0.1, 0.15) is 41.6 Å². The molecular formula is C21H23N3O. The molecule has 4 heteroatoms. The summed E-state index contributed by atoms with van der Waals surface area (Å²) in [5.41, 5.74) is 3.86. The number of hydrogen-bond donors (Lipinski definition) is 0. The van der Waals surface area contributed by atoms with Crippen LogP contribution < -0.4 is 4.90 Å². The fourth-order valence-corrected chi connectivity index (χ4v) is 3.68. The Kier molecular flexibility index (Phi) is 4.26. The molecule has 0 bridgehead atoms. The molecule has 2 aromatic rings. The van der Waals surface area contributed by atoms with Crippen LogP contribution in [0.2, 0.25) is 0 Å². The second kappa shape index (κ2) is 6.71.